The summed E-state index contributed by atoms with van der Waals surface area (Å²) in [5.41, 5.74) is 7.30. The first kappa shape index (κ1) is 21.4. The highest BCUT2D eigenvalue weighted by Gasteiger charge is 2.12. The predicted octanol–water partition coefficient (Wildman–Crippen LogP) is 7.13. The molecule has 3 heteroatoms. The Bertz CT molecular complexity index is 955. The van der Waals surface area contributed by atoms with Crippen LogP contribution in [0.25, 0.3) is 6.08 Å². The Kier molecular flexibility index (Phi) is 7.08. The van der Waals surface area contributed by atoms with Crippen molar-refractivity contribution in [3.63, 3.8) is 0 Å². The van der Waals surface area contributed by atoms with Crippen LogP contribution >= 0.6 is 0 Å². The van der Waals surface area contributed by atoms with Crippen LogP contribution in [0.5, 0.6) is 0 Å². The molecular weight excluding hydrogens is 370 g/mol. The largest absolute Gasteiger partial charge is 0.462 e. The second kappa shape index (κ2) is 9.93. The molecule has 0 unspecified atom stereocenters. The summed E-state index contributed by atoms with van der Waals surface area (Å²) in [5, 5.41) is 0. The van der Waals surface area contributed by atoms with E-state index >= 15 is 0 Å². The molecule has 0 amide bonds. The zero-order chi connectivity index (χ0) is 21.5. The molecule has 3 aromatic rings. The molecule has 0 heterocycles. The quantitative estimate of drug-likeness (QED) is 0.313. The van der Waals surface area contributed by atoms with E-state index in [4.69, 9.17) is 4.74 Å². The van der Waals surface area contributed by atoms with Crippen LogP contribution < -0.4 is 4.90 Å². The fourth-order valence-corrected chi connectivity index (χ4v) is 3.17. The lowest BCUT2D eigenvalue weighted by Gasteiger charge is -2.26. The third-order valence-electron chi connectivity index (χ3n) is 4.88. The lowest BCUT2D eigenvalue weighted by molar-refractivity contribution is -0.138. The maximum Gasteiger partial charge on any atom is 0.333 e. The third kappa shape index (κ3) is 5.38. The number of rotatable bonds is 7. The smallest absolute Gasteiger partial charge is 0.333 e. The molecule has 0 aliphatic heterocycles. The summed E-state index contributed by atoms with van der Waals surface area (Å²) in [6.07, 6.45) is 2.69. The van der Waals surface area contributed by atoms with Crippen molar-refractivity contribution in [3.8, 4) is 0 Å². The van der Waals surface area contributed by atoms with Gasteiger partial charge >= 0.3 is 5.97 Å². The van der Waals surface area contributed by atoms with Crippen molar-refractivity contribution in [2.75, 3.05) is 11.5 Å². The minimum absolute atomic E-state index is 0.262. The second-order valence-corrected chi connectivity index (χ2v) is 7.56. The molecule has 0 atom stereocenters. The third-order valence-corrected chi connectivity index (χ3v) is 4.88. The van der Waals surface area contributed by atoms with Gasteiger partial charge in [-0.2, -0.15) is 0 Å². The summed E-state index contributed by atoms with van der Waals surface area (Å²) in [5.74, 6) is -0.262. The topological polar surface area (TPSA) is 29.5 Å². The van der Waals surface area contributed by atoms with Gasteiger partial charge in [0.15, 0.2) is 0 Å². The van der Waals surface area contributed by atoms with Gasteiger partial charge < -0.3 is 9.64 Å². The molecule has 0 N–H and O–H groups in total. The minimum Gasteiger partial charge on any atom is -0.462 e. The van der Waals surface area contributed by atoms with Gasteiger partial charge in [-0.15, -0.1) is 0 Å². The van der Waals surface area contributed by atoms with Gasteiger partial charge in [0.05, 0.1) is 6.61 Å². The van der Waals surface area contributed by atoms with E-state index in [0.717, 1.165) is 29.0 Å². The van der Waals surface area contributed by atoms with Crippen molar-refractivity contribution < 1.29 is 9.53 Å². The number of ether oxygens (including phenoxy) is 1. The highest BCUT2D eigenvalue weighted by molar-refractivity contribution is 5.93. The van der Waals surface area contributed by atoms with Crippen LogP contribution in [-0.4, -0.2) is 12.6 Å². The van der Waals surface area contributed by atoms with E-state index in [2.05, 4.69) is 79.4 Å². The lowest BCUT2D eigenvalue weighted by atomic mass is 10.1. The molecule has 154 valence electrons. The number of hydrogen-bond acceptors (Lipinski definition) is 3. The fourth-order valence-electron chi connectivity index (χ4n) is 3.17. The normalized spacial score (nSPS) is 11.3. The minimum atomic E-state index is -0.262. The van der Waals surface area contributed by atoms with E-state index in [0.29, 0.717) is 12.2 Å². The van der Waals surface area contributed by atoms with Crippen LogP contribution in [0.1, 0.15) is 37.0 Å². The summed E-state index contributed by atoms with van der Waals surface area (Å²) >= 11 is 0. The predicted molar refractivity (Wildman–Crippen MR) is 126 cm³/mol. The molecule has 0 bridgehead atoms. The number of esters is 1. The van der Waals surface area contributed by atoms with Crippen molar-refractivity contribution >= 4 is 29.1 Å². The maximum absolute atomic E-state index is 12.0. The van der Waals surface area contributed by atoms with Crippen molar-refractivity contribution in [1.29, 1.82) is 0 Å². The SMILES string of the molecule is CCCOC(=O)C(C)=Cc1ccc(N(c2ccc(C)cc2)c2ccc(C)cc2)cc1. The summed E-state index contributed by atoms with van der Waals surface area (Å²) in [4.78, 5) is 14.2. The Balaban J connectivity index is 1.91. The second-order valence-electron chi connectivity index (χ2n) is 7.56. The standard InChI is InChI=1S/C27H29NO2/c1-5-18-30-27(29)22(4)19-23-10-16-26(17-11-23)28(24-12-6-20(2)7-13-24)25-14-8-21(3)9-15-25/h6-17,19H,5,18H2,1-4H3. The van der Waals surface area contributed by atoms with Gasteiger partial charge in [-0.3, -0.25) is 0 Å². The summed E-state index contributed by atoms with van der Waals surface area (Å²) in [6.45, 7) is 8.41. The molecular formula is C27H29NO2. The average molecular weight is 400 g/mol. The van der Waals surface area contributed by atoms with Crippen LogP contribution in [-0.2, 0) is 9.53 Å². The molecule has 0 fully saturated rings. The molecule has 0 spiro atoms. The molecule has 3 nitrogen and oxygen atoms in total. The summed E-state index contributed by atoms with van der Waals surface area (Å²) in [6, 6.07) is 25.3. The van der Waals surface area contributed by atoms with Crippen LogP contribution in [0.2, 0.25) is 0 Å². The molecule has 3 rings (SSSR count). The van der Waals surface area contributed by atoms with E-state index in [1.165, 1.54) is 11.1 Å². The number of benzene rings is 3. The zero-order valence-corrected chi connectivity index (χ0v) is 18.2. The molecule has 30 heavy (non-hydrogen) atoms. The molecule has 0 saturated carbocycles. The van der Waals surface area contributed by atoms with Crippen molar-refractivity contribution in [2.24, 2.45) is 0 Å². The van der Waals surface area contributed by atoms with Gasteiger partial charge in [-0.25, -0.2) is 4.79 Å². The number of carbonyl (C=O) groups is 1. The highest BCUT2D eigenvalue weighted by atomic mass is 16.5. The Morgan fingerprint density at radius 1 is 0.800 bits per heavy atom. The first-order valence-corrected chi connectivity index (χ1v) is 10.4. The average Bonchev–Trinajstić information content (AvgIpc) is 2.76. The first-order valence-electron chi connectivity index (χ1n) is 10.4. The Labute approximate surface area is 179 Å². The van der Waals surface area contributed by atoms with Crippen molar-refractivity contribution in [3.05, 3.63) is 95.1 Å². The lowest BCUT2D eigenvalue weighted by Crippen LogP contribution is -2.10. The maximum atomic E-state index is 12.0. The Hall–Kier alpha value is -3.33. The van der Waals surface area contributed by atoms with E-state index in [1.54, 1.807) is 6.92 Å². The van der Waals surface area contributed by atoms with Crippen LogP contribution in [0, 0.1) is 13.8 Å². The van der Waals surface area contributed by atoms with Gasteiger partial charge in [0, 0.05) is 22.6 Å². The van der Waals surface area contributed by atoms with Gasteiger partial charge in [0.1, 0.15) is 0 Å². The van der Waals surface area contributed by atoms with E-state index in [1.807, 2.05) is 25.1 Å². The molecule has 0 aromatic heterocycles. The fraction of sp³-hybridized carbons (Fsp3) is 0.222. The highest BCUT2D eigenvalue weighted by Crippen LogP contribution is 2.34. The molecule has 0 saturated heterocycles. The van der Waals surface area contributed by atoms with Crippen molar-refractivity contribution in [1.82, 2.24) is 0 Å². The Morgan fingerprint density at radius 3 is 1.67 bits per heavy atom. The number of nitrogens with zero attached hydrogens (tertiary/aromatic N) is 1. The number of hydrogen-bond donors (Lipinski definition) is 0. The van der Waals surface area contributed by atoms with E-state index < -0.39 is 0 Å². The van der Waals surface area contributed by atoms with Crippen LogP contribution in [0.3, 0.4) is 0 Å². The summed E-state index contributed by atoms with van der Waals surface area (Å²) < 4.78 is 5.21. The number of aryl methyl sites for hydroxylation is 2. The molecule has 0 aliphatic rings. The van der Waals surface area contributed by atoms with Gasteiger partial charge in [-0.05, 0) is 75.2 Å². The number of anilines is 3. The number of carbonyl (C=O) groups excluding carboxylic acids is 1. The van der Waals surface area contributed by atoms with E-state index in [-0.39, 0.29) is 5.97 Å². The van der Waals surface area contributed by atoms with Gasteiger partial charge in [0.2, 0.25) is 0 Å². The van der Waals surface area contributed by atoms with Gasteiger partial charge in [-0.1, -0.05) is 54.4 Å². The van der Waals surface area contributed by atoms with Crippen LogP contribution in [0.4, 0.5) is 17.1 Å². The molecule has 0 radical (unpaired) electrons. The first-order chi connectivity index (χ1) is 14.5. The van der Waals surface area contributed by atoms with E-state index in [9.17, 15) is 4.79 Å². The molecule has 0 aliphatic carbocycles. The van der Waals surface area contributed by atoms with Crippen molar-refractivity contribution in [2.45, 2.75) is 34.1 Å². The molecule has 3 aromatic carbocycles. The van der Waals surface area contributed by atoms with Gasteiger partial charge in [0.25, 0.3) is 0 Å². The monoisotopic (exact) mass is 399 g/mol. The zero-order valence-electron chi connectivity index (χ0n) is 18.2. The Morgan fingerprint density at radius 2 is 1.23 bits per heavy atom. The van der Waals surface area contributed by atoms with Crippen LogP contribution in [0.15, 0.2) is 78.4 Å². The summed E-state index contributed by atoms with van der Waals surface area (Å²) in [7, 11) is 0.